The minimum absolute atomic E-state index is 0.0312. The van der Waals surface area contributed by atoms with E-state index in [-0.39, 0.29) is 24.6 Å². The summed E-state index contributed by atoms with van der Waals surface area (Å²) in [5.74, 6) is -1.10. The number of methoxy groups -OCH3 is 1. The van der Waals surface area contributed by atoms with E-state index in [1.165, 1.54) is 7.11 Å². The van der Waals surface area contributed by atoms with Crippen LogP contribution in [0.4, 0.5) is 0 Å². The fraction of sp³-hybridized carbons (Fsp3) is 0.917. The lowest BCUT2D eigenvalue weighted by molar-refractivity contribution is -0.149. The van der Waals surface area contributed by atoms with Crippen LogP contribution in [0.1, 0.15) is 26.7 Å². The summed E-state index contributed by atoms with van der Waals surface area (Å²) in [6, 6.07) is -0.491. The van der Waals surface area contributed by atoms with Gasteiger partial charge >= 0.3 is 5.97 Å². The molecule has 0 spiro atoms. The van der Waals surface area contributed by atoms with Crippen LogP contribution < -0.4 is 0 Å². The molecule has 112 valence electrons. The summed E-state index contributed by atoms with van der Waals surface area (Å²) in [5.41, 5.74) is 8.70. The molecule has 8 nitrogen and oxygen atoms in total. The highest BCUT2D eigenvalue weighted by molar-refractivity contribution is 5.69. The van der Waals surface area contributed by atoms with Crippen LogP contribution in [0.25, 0.3) is 10.4 Å². The molecule has 2 fully saturated rings. The van der Waals surface area contributed by atoms with Crippen molar-refractivity contribution in [1.82, 2.24) is 0 Å². The Bertz CT molecular complexity index is 417. The molecular formula is C12H19N3O5. The topological polar surface area (TPSA) is 106 Å². The normalized spacial score (nSPS) is 32.2. The number of rotatable bonds is 6. The maximum atomic E-state index is 11.2. The van der Waals surface area contributed by atoms with Crippen molar-refractivity contribution in [3.63, 3.8) is 0 Å². The molecular weight excluding hydrogens is 266 g/mol. The highest BCUT2D eigenvalue weighted by Crippen LogP contribution is 2.37. The van der Waals surface area contributed by atoms with Crippen molar-refractivity contribution in [3.8, 4) is 0 Å². The molecule has 2 heterocycles. The van der Waals surface area contributed by atoms with E-state index < -0.39 is 17.9 Å². The number of hydrogen-bond acceptors (Lipinski definition) is 6. The predicted octanol–water partition coefficient (Wildman–Crippen LogP) is 1.54. The Morgan fingerprint density at radius 1 is 1.55 bits per heavy atom. The van der Waals surface area contributed by atoms with Crippen LogP contribution in [0.3, 0.4) is 0 Å². The second-order valence-electron chi connectivity index (χ2n) is 5.32. The van der Waals surface area contributed by atoms with Crippen LogP contribution in [0.2, 0.25) is 0 Å². The zero-order valence-electron chi connectivity index (χ0n) is 11.8. The number of ether oxygens (including phenoxy) is 4. The Kier molecular flexibility index (Phi) is 4.49. The van der Waals surface area contributed by atoms with Crippen molar-refractivity contribution in [3.05, 3.63) is 10.4 Å². The standard InChI is InChI=1S/C12H19N3O5/c1-12(2)19-10(11(20-12)8-6-18-8)7(14-15-13)4-5-9(16)17-3/h7-8,10-11H,4-6H2,1-3H3/t7-,8+,10+,11-/m1/s1. The molecule has 0 N–H and O–H groups in total. The summed E-state index contributed by atoms with van der Waals surface area (Å²) in [5, 5.41) is 3.75. The molecule has 4 atom stereocenters. The SMILES string of the molecule is COC(=O)CC[C@@H](N=[N+]=[N-])[C@@H]1OC(C)(C)O[C@@H]1[C@@H]1CO1. The van der Waals surface area contributed by atoms with Gasteiger partial charge in [-0.1, -0.05) is 5.11 Å². The molecule has 2 rings (SSSR count). The molecule has 2 aliphatic heterocycles. The Labute approximate surface area is 116 Å². The van der Waals surface area contributed by atoms with E-state index in [0.717, 1.165) is 0 Å². The number of hydrogen-bond donors (Lipinski definition) is 0. The van der Waals surface area contributed by atoms with Crippen LogP contribution >= 0.6 is 0 Å². The molecule has 2 aliphatic rings. The van der Waals surface area contributed by atoms with Gasteiger partial charge in [-0.15, -0.1) is 0 Å². The van der Waals surface area contributed by atoms with Gasteiger partial charge in [0.2, 0.25) is 0 Å². The molecule has 0 bridgehead atoms. The zero-order valence-corrected chi connectivity index (χ0v) is 11.8. The van der Waals surface area contributed by atoms with Gasteiger partial charge in [-0.05, 0) is 25.8 Å². The molecule has 0 unspecified atom stereocenters. The fourth-order valence-electron chi connectivity index (χ4n) is 2.37. The minimum Gasteiger partial charge on any atom is -0.469 e. The summed E-state index contributed by atoms with van der Waals surface area (Å²) < 4.78 is 21.5. The van der Waals surface area contributed by atoms with Gasteiger partial charge < -0.3 is 18.9 Å². The second-order valence-corrected chi connectivity index (χ2v) is 5.32. The van der Waals surface area contributed by atoms with E-state index >= 15 is 0 Å². The highest BCUT2D eigenvalue weighted by atomic mass is 16.8. The number of epoxide rings is 1. The van der Waals surface area contributed by atoms with Gasteiger partial charge in [0, 0.05) is 11.3 Å². The summed E-state index contributed by atoms with van der Waals surface area (Å²) in [7, 11) is 1.32. The largest absolute Gasteiger partial charge is 0.469 e. The number of esters is 1. The van der Waals surface area contributed by atoms with Gasteiger partial charge in [0.05, 0.1) is 25.9 Å². The Hall–Kier alpha value is -1.34. The van der Waals surface area contributed by atoms with Gasteiger partial charge in [0.15, 0.2) is 5.79 Å². The van der Waals surface area contributed by atoms with Crippen LogP contribution in [0.15, 0.2) is 5.11 Å². The first-order valence-corrected chi connectivity index (χ1v) is 6.55. The third kappa shape index (κ3) is 3.61. The van der Waals surface area contributed by atoms with Gasteiger partial charge in [-0.2, -0.15) is 0 Å². The van der Waals surface area contributed by atoms with Crippen molar-refractivity contribution in [2.75, 3.05) is 13.7 Å². The van der Waals surface area contributed by atoms with Crippen molar-refractivity contribution >= 4 is 5.97 Å². The van der Waals surface area contributed by atoms with E-state index in [0.29, 0.717) is 13.0 Å². The van der Waals surface area contributed by atoms with Gasteiger partial charge in [-0.25, -0.2) is 0 Å². The van der Waals surface area contributed by atoms with Crippen molar-refractivity contribution < 1.29 is 23.7 Å². The van der Waals surface area contributed by atoms with Crippen molar-refractivity contribution in [2.24, 2.45) is 5.11 Å². The Morgan fingerprint density at radius 3 is 2.80 bits per heavy atom. The average Bonchev–Trinajstić information content (AvgIpc) is 3.18. The number of carbonyl (C=O) groups excluding carboxylic acids is 1. The predicted molar refractivity (Wildman–Crippen MR) is 67.7 cm³/mol. The molecule has 0 amide bonds. The van der Waals surface area contributed by atoms with Crippen molar-refractivity contribution in [1.29, 1.82) is 0 Å². The third-order valence-electron chi connectivity index (χ3n) is 3.34. The highest BCUT2D eigenvalue weighted by Gasteiger charge is 2.52. The summed E-state index contributed by atoms with van der Waals surface area (Å²) in [6.07, 6.45) is -0.213. The first kappa shape index (κ1) is 15.1. The second kappa shape index (κ2) is 5.97. The third-order valence-corrected chi connectivity index (χ3v) is 3.34. The van der Waals surface area contributed by atoms with E-state index in [1.807, 2.05) is 0 Å². The average molecular weight is 285 g/mol. The monoisotopic (exact) mass is 285 g/mol. The maximum Gasteiger partial charge on any atom is 0.305 e. The number of carbonyl (C=O) groups is 1. The lowest BCUT2D eigenvalue weighted by Crippen LogP contribution is -2.37. The molecule has 0 radical (unpaired) electrons. The minimum atomic E-state index is -0.754. The van der Waals surface area contributed by atoms with E-state index in [1.54, 1.807) is 13.8 Å². The lowest BCUT2D eigenvalue weighted by atomic mass is 10.00. The summed E-state index contributed by atoms with van der Waals surface area (Å²) in [6.45, 7) is 4.21. The molecule has 0 aliphatic carbocycles. The summed E-state index contributed by atoms with van der Waals surface area (Å²) >= 11 is 0. The smallest absolute Gasteiger partial charge is 0.305 e. The molecule has 20 heavy (non-hydrogen) atoms. The van der Waals surface area contributed by atoms with Gasteiger partial charge in [0.1, 0.15) is 12.2 Å². The Balaban J connectivity index is 2.06. The quantitative estimate of drug-likeness (QED) is 0.242. The molecule has 2 saturated heterocycles. The first-order chi connectivity index (χ1) is 9.46. The van der Waals surface area contributed by atoms with Crippen LogP contribution in [0.5, 0.6) is 0 Å². The first-order valence-electron chi connectivity index (χ1n) is 6.55. The lowest BCUT2D eigenvalue weighted by Gasteiger charge is -2.22. The molecule has 0 saturated carbocycles. The number of nitrogens with zero attached hydrogens (tertiary/aromatic N) is 3. The van der Waals surface area contributed by atoms with Crippen LogP contribution in [-0.2, 0) is 23.7 Å². The maximum absolute atomic E-state index is 11.2. The molecule has 0 aromatic heterocycles. The zero-order chi connectivity index (χ0) is 14.8. The van der Waals surface area contributed by atoms with Gasteiger partial charge in [0.25, 0.3) is 0 Å². The molecule has 8 heteroatoms. The van der Waals surface area contributed by atoms with E-state index in [9.17, 15) is 4.79 Å². The Morgan fingerprint density at radius 2 is 2.25 bits per heavy atom. The fourth-order valence-corrected chi connectivity index (χ4v) is 2.37. The van der Waals surface area contributed by atoms with E-state index in [4.69, 9.17) is 19.7 Å². The van der Waals surface area contributed by atoms with Crippen molar-refractivity contribution in [2.45, 2.75) is 56.8 Å². The molecule has 0 aromatic rings. The van der Waals surface area contributed by atoms with E-state index in [2.05, 4.69) is 14.8 Å². The summed E-state index contributed by atoms with van der Waals surface area (Å²) in [4.78, 5) is 14.1. The van der Waals surface area contributed by atoms with Crippen LogP contribution in [0, 0.1) is 0 Å². The number of azide groups is 1. The van der Waals surface area contributed by atoms with Gasteiger partial charge in [-0.3, -0.25) is 4.79 Å². The van der Waals surface area contributed by atoms with Crippen LogP contribution in [-0.4, -0.2) is 49.8 Å². The molecule has 0 aromatic carbocycles.